The third-order valence-corrected chi connectivity index (χ3v) is 5.54. The number of aromatic nitrogens is 2. The van der Waals surface area contributed by atoms with Crippen LogP contribution in [0.1, 0.15) is 44.2 Å². The summed E-state index contributed by atoms with van der Waals surface area (Å²) in [7, 11) is 2.00. The van der Waals surface area contributed by atoms with Crippen molar-refractivity contribution in [2.75, 3.05) is 0 Å². The summed E-state index contributed by atoms with van der Waals surface area (Å²) in [5.41, 5.74) is 6.83. The average molecular weight is 261 g/mol. The molecule has 104 valence electrons. The number of nitrogens with zero attached hydrogens (tertiary/aromatic N) is 2. The predicted octanol–water partition coefficient (Wildman–Crippen LogP) is 2.23. The molecule has 4 aliphatic carbocycles. The number of hydrogen-bond acceptors (Lipinski definition) is 3. The lowest BCUT2D eigenvalue weighted by Crippen LogP contribution is -2.54. The third-order valence-electron chi connectivity index (χ3n) is 5.54. The average Bonchev–Trinajstić information content (AvgIpc) is 2.68. The normalized spacial score (nSPS) is 39.8. The van der Waals surface area contributed by atoms with Crippen LogP contribution >= 0.6 is 0 Å². The first-order valence-electron chi connectivity index (χ1n) is 7.57. The quantitative estimate of drug-likeness (QED) is 0.907. The van der Waals surface area contributed by atoms with Crippen molar-refractivity contribution >= 4 is 0 Å². The summed E-state index contributed by atoms with van der Waals surface area (Å²) in [5.74, 6) is 2.71. The molecule has 4 nitrogen and oxygen atoms in total. The lowest BCUT2D eigenvalue weighted by Gasteiger charge is -2.55. The second-order valence-corrected chi connectivity index (χ2v) is 7.00. The van der Waals surface area contributed by atoms with E-state index in [1.165, 1.54) is 38.5 Å². The molecule has 4 fully saturated rings. The van der Waals surface area contributed by atoms with Crippen LogP contribution in [0.2, 0.25) is 0 Å². The highest BCUT2D eigenvalue weighted by molar-refractivity contribution is 5.12. The maximum absolute atomic E-state index is 6.42. The van der Waals surface area contributed by atoms with Crippen LogP contribution in [0.25, 0.3) is 0 Å². The van der Waals surface area contributed by atoms with Gasteiger partial charge in [0.1, 0.15) is 5.60 Å². The molecule has 4 heteroatoms. The number of ether oxygens (including phenoxy) is 1. The molecule has 19 heavy (non-hydrogen) atoms. The summed E-state index contributed by atoms with van der Waals surface area (Å²) in [6.45, 7) is 0.522. The highest BCUT2D eigenvalue weighted by Gasteiger charge is 2.53. The second kappa shape index (κ2) is 3.98. The molecule has 0 saturated heterocycles. The standard InChI is InChI=1S/C15H23N3O/c1-18-13(8-16)9-17-14(18)19-15-5-10-2-11(6-15)4-12(3-10)7-15/h9-12H,2-8,16H2,1H3. The highest BCUT2D eigenvalue weighted by Crippen LogP contribution is 2.56. The number of rotatable bonds is 3. The monoisotopic (exact) mass is 261 g/mol. The topological polar surface area (TPSA) is 53.1 Å². The van der Waals surface area contributed by atoms with E-state index in [4.69, 9.17) is 10.5 Å². The van der Waals surface area contributed by atoms with Crippen molar-refractivity contribution in [3.63, 3.8) is 0 Å². The lowest BCUT2D eigenvalue weighted by molar-refractivity contribution is -0.112. The minimum atomic E-state index is 0.0831. The van der Waals surface area contributed by atoms with E-state index < -0.39 is 0 Å². The fourth-order valence-electron chi connectivity index (χ4n) is 5.06. The lowest BCUT2D eigenvalue weighted by atomic mass is 9.54. The molecular formula is C15H23N3O. The molecule has 1 aromatic heterocycles. The van der Waals surface area contributed by atoms with Crippen LogP contribution in [0.4, 0.5) is 0 Å². The Kier molecular flexibility index (Phi) is 2.47. The van der Waals surface area contributed by atoms with Gasteiger partial charge in [-0.15, -0.1) is 0 Å². The Morgan fingerprint density at radius 2 is 1.84 bits per heavy atom. The van der Waals surface area contributed by atoms with Crippen LogP contribution in [0.5, 0.6) is 6.01 Å². The van der Waals surface area contributed by atoms with E-state index in [9.17, 15) is 0 Å². The van der Waals surface area contributed by atoms with Crippen molar-refractivity contribution in [3.05, 3.63) is 11.9 Å². The minimum absolute atomic E-state index is 0.0831. The second-order valence-electron chi connectivity index (χ2n) is 7.00. The van der Waals surface area contributed by atoms with Crippen molar-refractivity contribution in [1.29, 1.82) is 0 Å². The fraction of sp³-hybridized carbons (Fsp3) is 0.800. The molecule has 0 amide bonds. The summed E-state index contributed by atoms with van der Waals surface area (Å²) in [4.78, 5) is 4.42. The number of hydrogen-bond donors (Lipinski definition) is 1. The Hall–Kier alpha value is -1.03. The van der Waals surface area contributed by atoms with Gasteiger partial charge in [0.25, 0.3) is 6.01 Å². The molecule has 2 N–H and O–H groups in total. The SMILES string of the molecule is Cn1c(CN)cnc1OC12CC3CC(CC(C3)C1)C2. The summed E-state index contributed by atoms with van der Waals surface area (Å²) >= 11 is 0. The third kappa shape index (κ3) is 1.80. The van der Waals surface area contributed by atoms with Crippen LogP contribution in [0.3, 0.4) is 0 Å². The molecule has 4 saturated carbocycles. The maximum Gasteiger partial charge on any atom is 0.296 e. The summed E-state index contributed by atoms with van der Waals surface area (Å²) in [6, 6.07) is 0.766. The first kappa shape index (κ1) is 11.8. The molecule has 1 heterocycles. The minimum Gasteiger partial charge on any atom is -0.458 e. The molecule has 4 bridgehead atoms. The molecule has 0 radical (unpaired) electrons. The summed E-state index contributed by atoms with van der Waals surface area (Å²) < 4.78 is 8.44. The molecule has 0 aliphatic heterocycles. The van der Waals surface area contributed by atoms with E-state index >= 15 is 0 Å². The first-order valence-corrected chi connectivity index (χ1v) is 7.57. The van der Waals surface area contributed by atoms with Gasteiger partial charge < -0.3 is 15.0 Å². The van der Waals surface area contributed by atoms with Crippen molar-refractivity contribution < 1.29 is 4.74 Å². The predicted molar refractivity (Wildman–Crippen MR) is 72.6 cm³/mol. The van der Waals surface area contributed by atoms with Crippen molar-refractivity contribution in [2.24, 2.45) is 30.5 Å². The van der Waals surface area contributed by atoms with Crippen LogP contribution in [0.15, 0.2) is 6.20 Å². The van der Waals surface area contributed by atoms with Gasteiger partial charge in [-0.2, -0.15) is 0 Å². The van der Waals surface area contributed by atoms with E-state index in [1.54, 1.807) is 0 Å². The van der Waals surface area contributed by atoms with E-state index in [-0.39, 0.29) is 5.60 Å². The maximum atomic E-state index is 6.42. The number of nitrogens with two attached hydrogens (primary N) is 1. The zero-order chi connectivity index (χ0) is 13.0. The van der Waals surface area contributed by atoms with E-state index in [1.807, 2.05) is 17.8 Å². The summed E-state index contributed by atoms with van der Waals surface area (Å²) in [5, 5.41) is 0. The van der Waals surface area contributed by atoms with Crippen LogP contribution in [0, 0.1) is 17.8 Å². The molecule has 0 unspecified atom stereocenters. The van der Waals surface area contributed by atoms with Crippen LogP contribution in [-0.2, 0) is 13.6 Å². The van der Waals surface area contributed by atoms with E-state index in [0.29, 0.717) is 6.54 Å². The molecule has 4 aliphatic rings. The Morgan fingerprint density at radius 3 is 2.32 bits per heavy atom. The van der Waals surface area contributed by atoms with Gasteiger partial charge in [0.05, 0.1) is 11.9 Å². The zero-order valence-corrected chi connectivity index (χ0v) is 11.6. The van der Waals surface area contributed by atoms with Gasteiger partial charge in [-0.3, -0.25) is 0 Å². The summed E-state index contributed by atoms with van der Waals surface area (Å²) in [6.07, 6.45) is 9.89. The zero-order valence-electron chi connectivity index (χ0n) is 11.6. The van der Waals surface area contributed by atoms with Crippen LogP contribution in [-0.4, -0.2) is 15.2 Å². The fourth-order valence-corrected chi connectivity index (χ4v) is 5.06. The van der Waals surface area contributed by atoms with Gasteiger partial charge >= 0.3 is 0 Å². The number of imidazole rings is 1. The smallest absolute Gasteiger partial charge is 0.296 e. The molecule has 1 aromatic rings. The Balaban J connectivity index is 1.60. The van der Waals surface area contributed by atoms with Gasteiger partial charge in [0, 0.05) is 13.6 Å². The van der Waals surface area contributed by atoms with E-state index in [2.05, 4.69) is 4.98 Å². The Morgan fingerprint density at radius 1 is 1.26 bits per heavy atom. The molecular weight excluding hydrogens is 238 g/mol. The van der Waals surface area contributed by atoms with Crippen molar-refractivity contribution in [1.82, 2.24) is 9.55 Å². The van der Waals surface area contributed by atoms with Gasteiger partial charge in [0.2, 0.25) is 0 Å². The molecule has 0 aromatic carbocycles. The van der Waals surface area contributed by atoms with Gasteiger partial charge in [-0.05, 0) is 56.3 Å². The van der Waals surface area contributed by atoms with E-state index in [0.717, 1.165) is 29.5 Å². The van der Waals surface area contributed by atoms with Crippen molar-refractivity contribution in [2.45, 2.75) is 50.7 Å². The largest absolute Gasteiger partial charge is 0.458 e. The molecule has 0 atom stereocenters. The first-order chi connectivity index (χ1) is 9.17. The molecule has 5 rings (SSSR count). The van der Waals surface area contributed by atoms with Gasteiger partial charge in [-0.1, -0.05) is 0 Å². The highest BCUT2D eigenvalue weighted by atomic mass is 16.5. The van der Waals surface area contributed by atoms with Gasteiger partial charge in [-0.25, -0.2) is 4.98 Å². The van der Waals surface area contributed by atoms with Gasteiger partial charge in [0.15, 0.2) is 0 Å². The Bertz CT molecular complexity index is 458. The Labute approximate surface area is 114 Å². The van der Waals surface area contributed by atoms with Crippen molar-refractivity contribution in [3.8, 4) is 6.01 Å². The molecule has 0 spiro atoms. The van der Waals surface area contributed by atoms with Crippen LogP contribution < -0.4 is 10.5 Å².